The highest BCUT2D eigenvalue weighted by atomic mass is 19.1. The molecule has 2 aliphatic rings. The first kappa shape index (κ1) is 18.4. The number of carboxylic acids is 1. The smallest absolute Gasteiger partial charge is 0.308 e. The number of piperidine rings is 1. The molecule has 0 spiro atoms. The SMILES string of the molecule is CC(=O)N1CCC(C(=O)N2C[C@@H](C(=O)O)[C@H](c3cccc(F)c3)C2)CC1. The van der Waals surface area contributed by atoms with Crippen LogP contribution in [0.5, 0.6) is 0 Å². The number of halogens is 1. The normalized spacial score (nSPS) is 23.9. The maximum absolute atomic E-state index is 13.5. The van der Waals surface area contributed by atoms with E-state index in [1.165, 1.54) is 19.1 Å². The van der Waals surface area contributed by atoms with E-state index in [1.54, 1.807) is 21.9 Å². The van der Waals surface area contributed by atoms with Crippen molar-refractivity contribution in [2.45, 2.75) is 25.7 Å². The summed E-state index contributed by atoms with van der Waals surface area (Å²) in [5, 5.41) is 9.54. The van der Waals surface area contributed by atoms with Crippen LogP contribution in [0.25, 0.3) is 0 Å². The van der Waals surface area contributed by atoms with Crippen molar-refractivity contribution in [3.63, 3.8) is 0 Å². The molecular weight excluding hydrogens is 339 g/mol. The number of amides is 2. The molecule has 0 radical (unpaired) electrons. The largest absolute Gasteiger partial charge is 0.481 e. The van der Waals surface area contributed by atoms with Crippen LogP contribution >= 0.6 is 0 Å². The number of benzene rings is 1. The summed E-state index contributed by atoms with van der Waals surface area (Å²) in [4.78, 5) is 39.2. The number of aliphatic carboxylic acids is 1. The van der Waals surface area contributed by atoms with Crippen molar-refractivity contribution in [2.24, 2.45) is 11.8 Å². The summed E-state index contributed by atoms with van der Waals surface area (Å²) in [6.45, 7) is 3.04. The van der Waals surface area contributed by atoms with Gasteiger partial charge in [0.1, 0.15) is 5.82 Å². The number of rotatable bonds is 3. The Kier molecular flexibility index (Phi) is 5.25. The lowest BCUT2D eigenvalue weighted by atomic mass is 9.89. The Bertz CT molecular complexity index is 715. The summed E-state index contributed by atoms with van der Waals surface area (Å²) in [7, 11) is 0. The van der Waals surface area contributed by atoms with Crippen LogP contribution in [0.15, 0.2) is 24.3 Å². The lowest BCUT2D eigenvalue weighted by molar-refractivity contribution is -0.143. The van der Waals surface area contributed by atoms with Crippen LogP contribution in [0.2, 0.25) is 0 Å². The fourth-order valence-electron chi connectivity index (χ4n) is 4.01. The highest BCUT2D eigenvalue weighted by molar-refractivity contribution is 5.82. The van der Waals surface area contributed by atoms with Crippen LogP contribution in [-0.2, 0) is 14.4 Å². The number of carboxylic acid groups (broad SMARTS) is 1. The lowest BCUT2D eigenvalue weighted by Gasteiger charge is -2.32. The van der Waals surface area contributed by atoms with E-state index in [1.807, 2.05) is 0 Å². The summed E-state index contributed by atoms with van der Waals surface area (Å²) < 4.78 is 13.5. The van der Waals surface area contributed by atoms with Gasteiger partial charge in [0.05, 0.1) is 5.92 Å². The molecular formula is C19H23FN2O4. The van der Waals surface area contributed by atoms with Gasteiger partial charge >= 0.3 is 5.97 Å². The van der Waals surface area contributed by atoms with Crippen LogP contribution in [0, 0.1) is 17.7 Å². The van der Waals surface area contributed by atoms with Crippen molar-refractivity contribution in [2.75, 3.05) is 26.2 Å². The minimum Gasteiger partial charge on any atom is -0.481 e. The Labute approximate surface area is 151 Å². The molecule has 6 nitrogen and oxygen atoms in total. The lowest BCUT2D eigenvalue weighted by Crippen LogP contribution is -2.43. The van der Waals surface area contributed by atoms with Gasteiger partial charge in [-0.3, -0.25) is 14.4 Å². The van der Waals surface area contributed by atoms with Crippen molar-refractivity contribution in [1.29, 1.82) is 0 Å². The number of nitrogens with zero attached hydrogens (tertiary/aromatic N) is 2. The summed E-state index contributed by atoms with van der Waals surface area (Å²) in [5.74, 6) is -2.77. The molecule has 2 heterocycles. The number of hydrogen-bond acceptors (Lipinski definition) is 3. The van der Waals surface area contributed by atoms with Crippen molar-refractivity contribution >= 4 is 17.8 Å². The Morgan fingerprint density at radius 1 is 1.12 bits per heavy atom. The molecule has 2 aliphatic heterocycles. The van der Waals surface area contributed by atoms with Crippen molar-refractivity contribution in [3.8, 4) is 0 Å². The molecule has 0 bridgehead atoms. The van der Waals surface area contributed by atoms with E-state index < -0.39 is 23.6 Å². The summed E-state index contributed by atoms with van der Waals surface area (Å²) >= 11 is 0. The van der Waals surface area contributed by atoms with Gasteiger partial charge < -0.3 is 14.9 Å². The van der Waals surface area contributed by atoms with E-state index in [2.05, 4.69) is 0 Å². The second-order valence-corrected chi connectivity index (χ2v) is 7.13. The molecule has 7 heteroatoms. The molecule has 2 amide bonds. The van der Waals surface area contributed by atoms with Gasteiger partial charge in [-0.2, -0.15) is 0 Å². The molecule has 2 saturated heterocycles. The first-order valence-electron chi connectivity index (χ1n) is 8.89. The standard InChI is InChI=1S/C19H23FN2O4/c1-12(23)21-7-5-13(6-8-21)18(24)22-10-16(17(11-22)19(25)26)14-3-2-4-15(20)9-14/h2-4,9,13,16-17H,5-8,10-11H2,1H3,(H,25,26)/t16-,17+/m0/s1. The first-order valence-corrected chi connectivity index (χ1v) is 8.89. The minimum absolute atomic E-state index is 0.00850. The molecule has 2 fully saturated rings. The van der Waals surface area contributed by atoms with Gasteiger partial charge in [-0.15, -0.1) is 0 Å². The molecule has 2 atom stereocenters. The quantitative estimate of drug-likeness (QED) is 0.888. The molecule has 3 rings (SSSR count). The van der Waals surface area contributed by atoms with Crippen molar-refractivity contribution in [1.82, 2.24) is 9.80 Å². The zero-order valence-corrected chi connectivity index (χ0v) is 14.7. The maximum atomic E-state index is 13.5. The van der Waals surface area contributed by atoms with E-state index >= 15 is 0 Å². The maximum Gasteiger partial charge on any atom is 0.308 e. The van der Waals surface area contributed by atoms with Crippen LogP contribution in [0.3, 0.4) is 0 Å². The number of carbonyl (C=O) groups is 3. The van der Waals surface area contributed by atoms with Gasteiger partial charge in [0, 0.05) is 44.9 Å². The van der Waals surface area contributed by atoms with Gasteiger partial charge in [-0.05, 0) is 30.5 Å². The molecule has 26 heavy (non-hydrogen) atoms. The van der Waals surface area contributed by atoms with Gasteiger partial charge in [-0.1, -0.05) is 12.1 Å². The third-order valence-corrected chi connectivity index (χ3v) is 5.52. The van der Waals surface area contributed by atoms with E-state index in [0.717, 1.165) is 0 Å². The molecule has 140 valence electrons. The Balaban J connectivity index is 1.70. The molecule has 0 aromatic heterocycles. The number of hydrogen-bond donors (Lipinski definition) is 1. The molecule has 1 aromatic carbocycles. The van der Waals surface area contributed by atoms with Gasteiger partial charge in [0.15, 0.2) is 0 Å². The first-order chi connectivity index (χ1) is 12.4. The predicted octanol–water partition coefficient (Wildman–Crippen LogP) is 1.71. The van der Waals surface area contributed by atoms with Gasteiger partial charge in [0.25, 0.3) is 0 Å². The van der Waals surface area contributed by atoms with Gasteiger partial charge in [-0.25, -0.2) is 4.39 Å². The van der Waals surface area contributed by atoms with E-state index in [4.69, 9.17) is 0 Å². The van der Waals surface area contributed by atoms with Crippen molar-refractivity contribution in [3.05, 3.63) is 35.6 Å². The fourth-order valence-corrected chi connectivity index (χ4v) is 4.01. The van der Waals surface area contributed by atoms with Crippen LogP contribution in [-0.4, -0.2) is 58.9 Å². The van der Waals surface area contributed by atoms with Crippen LogP contribution < -0.4 is 0 Å². The average Bonchev–Trinajstić information content (AvgIpc) is 3.07. The Hall–Kier alpha value is -2.44. The molecule has 0 saturated carbocycles. The zero-order chi connectivity index (χ0) is 18.8. The second kappa shape index (κ2) is 7.43. The number of likely N-dealkylation sites (tertiary alicyclic amines) is 2. The van der Waals surface area contributed by atoms with E-state index in [-0.39, 0.29) is 30.8 Å². The molecule has 1 N–H and O–H groups in total. The van der Waals surface area contributed by atoms with Crippen LogP contribution in [0.1, 0.15) is 31.2 Å². The van der Waals surface area contributed by atoms with Crippen molar-refractivity contribution < 1.29 is 23.9 Å². The number of carbonyl (C=O) groups excluding carboxylic acids is 2. The van der Waals surface area contributed by atoms with E-state index in [9.17, 15) is 23.9 Å². The van der Waals surface area contributed by atoms with E-state index in [0.29, 0.717) is 31.5 Å². The fraction of sp³-hybridized carbons (Fsp3) is 0.526. The summed E-state index contributed by atoms with van der Waals surface area (Å²) in [6.07, 6.45) is 1.19. The molecule has 0 unspecified atom stereocenters. The minimum atomic E-state index is -0.971. The molecule has 1 aromatic rings. The average molecular weight is 362 g/mol. The summed E-state index contributed by atoms with van der Waals surface area (Å²) in [5.41, 5.74) is 0.610. The monoisotopic (exact) mass is 362 g/mol. The highest BCUT2D eigenvalue weighted by Crippen LogP contribution is 2.35. The predicted molar refractivity (Wildman–Crippen MR) is 91.8 cm³/mol. The Morgan fingerprint density at radius 2 is 1.81 bits per heavy atom. The Morgan fingerprint density at radius 3 is 2.38 bits per heavy atom. The second-order valence-electron chi connectivity index (χ2n) is 7.13. The third-order valence-electron chi connectivity index (χ3n) is 5.52. The van der Waals surface area contributed by atoms with Crippen LogP contribution in [0.4, 0.5) is 4.39 Å². The highest BCUT2D eigenvalue weighted by Gasteiger charge is 2.42. The zero-order valence-electron chi connectivity index (χ0n) is 14.7. The topological polar surface area (TPSA) is 77.9 Å². The molecule has 0 aliphatic carbocycles. The summed E-state index contributed by atoms with van der Waals surface area (Å²) in [6, 6.07) is 5.94. The van der Waals surface area contributed by atoms with Gasteiger partial charge in [0.2, 0.25) is 11.8 Å². The third kappa shape index (κ3) is 3.71.